The van der Waals surface area contributed by atoms with Crippen LogP contribution in [-0.4, -0.2) is 28.3 Å². The molecule has 1 fully saturated rings. The summed E-state index contributed by atoms with van der Waals surface area (Å²) in [6, 6.07) is 0. The van der Waals surface area contributed by atoms with E-state index in [1.54, 1.807) is 0 Å². The summed E-state index contributed by atoms with van der Waals surface area (Å²) in [7, 11) is 0. The molecule has 1 aliphatic rings. The van der Waals surface area contributed by atoms with E-state index in [2.05, 4.69) is 0 Å². The van der Waals surface area contributed by atoms with Gasteiger partial charge in [-0.05, 0) is 26.7 Å². The standard InChI is InChI=1S/C14H23NO4/c1-10(2)11(16)6-5-7-13(18)19-15-12(17)8-9-14(15,3)4/h10H,5-9H2,1-4H3. The molecule has 1 rings (SSSR count). The highest BCUT2D eigenvalue weighted by atomic mass is 16.7. The van der Waals surface area contributed by atoms with Gasteiger partial charge in [0.15, 0.2) is 0 Å². The summed E-state index contributed by atoms with van der Waals surface area (Å²) in [6.45, 7) is 7.42. The maximum Gasteiger partial charge on any atom is 0.332 e. The highest BCUT2D eigenvalue weighted by molar-refractivity contribution is 5.82. The molecule has 0 aliphatic carbocycles. The van der Waals surface area contributed by atoms with Gasteiger partial charge in [-0.3, -0.25) is 9.59 Å². The summed E-state index contributed by atoms with van der Waals surface area (Å²) in [6.07, 6.45) is 2.11. The van der Waals surface area contributed by atoms with Crippen LogP contribution in [0.5, 0.6) is 0 Å². The summed E-state index contributed by atoms with van der Waals surface area (Å²) < 4.78 is 0. The zero-order chi connectivity index (χ0) is 14.6. The summed E-state index contributed by atoms with van der Waals surface area (Å²) in [5, 5.41) is 1.18. The average molecular weight is 269 g/mol. The van der Waals surface area contributed by atoms with Crippen LogP contribution in [0.3, 0.4) is 0 Å². The first-order valence-electron chi connectivity index (χ1n) is 6.80. The largest absolute Gasteiger partial charge is 0.338 e. The number of carbonyl (C=O) groups excluding carboxylic acids is 3. The fourth-order valence-corrected chi connectivity index (χ4v) is 1.97. The molecule has 5 nitrogen and oxygen atoms in total. The predicted molar refractivity (Wildman–Crippen MR) is 69.9 cm³/mol. The number of rotatable bonds is 6. The lowest BCUT2D eigenvalue weighted by Gasteiger charge is -2.29. The fraction of sp³-hybridized carbons (Fsp3) is 0.786. The van der Waals surface area contributed by atoms with Crippen molar-refractivity contribution in [3.8, 4) is 0 Å². The number of nitrogens with zero attached hydrogens (tertiary/aromatic N) is 1. The van der Waals surface area contributed by atoms with E-state index in [1.165, 1.54) is 5.06 Å². The van der Waals surface area contributed by atoms with Gasteiger partial charge in [-0.15, -0.1) is 0 Å². The summed E-state index contributed by atoms with van der Waals surface area (Å²) >= 11 is 0. The van der Waals surface area contributed by atoms with E-state index in [-0.39, 0.29) is 24.0 Å². The van der Waals surface area contributed by atoms with Gasteiger partial charge >= 0.3 is 5.97 Å². The van der Waals surface area contributed by atoms with Crippen molar-refractivity contribution in [1.29, 1.82) is 0 Å². The molecule has 1 aliphatic heterocycles. The molecule has 1 saturated heterocycles. The summed E-state index contributed by atoms with van der Waals surface area (Å²) in [5.41, 5.74) is -0.430. The Bertz CT molecular complexity index is 374. The van der Waals surface area contributed by atoms with Crippen LogP contribution in [-0.2, 0) is 19.2 Å². The third kappa shape index (κ3) is 4.33. The molecule has 1 amide bonds. The maximum atomic E-state index is 11.7. The normalized spacial score (nSPS) is 17.9. The molecule has 0 unspecified atom stereocenters. The molecular weight excluding hydrogens is 246 g/mol. The van der Waals surface area contributed by atoms with Crippen LogP contribution in [0.25, 0.3) is 0 Å². The van der Waals surface area contributed by atoms with Gasteiger partial charge in [0.1, 0.15) is 5.78 Å². The number of hydroxylamine groups is 2. The predicted octanol–water partition coefficient (Wildman–Crippen LogP) is 2.24. The van der Waals surface area contributed by atoms with Crippen molar-refractivity contribution in [1.82, 2.24) is 5.06 Å². The molecule has 0 N–H and O–H groups in total. The molecule has 0 aromatic heterocycles. The molecule has 5 heteroatoms. The van der Waals surface area contributed by atoms with Gasteiger partial charge in [0.25, 0.3) is 5.91 Å². The Morgan fingerprint density at radius 2 is 1.95 bits per heavy atom. The van der Waals surface area contributed by atoms with Crippen LogP contribution in [0.4, 0.5) is 0 Å². The zero-order valence-electron chi connectivity index (χ0n) is 12.2. The van der Waals surface area contributed by atoms with Crippen LogP contribution in [0.1, 0.15) is 59.8 Å². The van der Waals surface area contributed by atoms with Gasteiger partial charge in [0, 0.05) is 25.2 Å². The number of hydrogen-bond donors (Lipinski definition) is 0. The Morgan fingerprint density at radius 3 is 2.42 bits per heavy atom. The van der Waals surface area contributed by atoms with Gasteiger partial charge in [-0.2, -0.15) is 5.06 Å². The summed E-state index contributed by atoms with van der Waals surface area (Å²) in [5.74, 6) is -0.461. The van der Waals surface area contributed by atoms with Gasteiger partial charge in [0.2, 0.25) is 0 Å². The molecule has 0 spiro atoms. The number of amides is 1. The monoisotopic (exact) mass is 269 g/mol. The minimum absolute atomic E-state index is 0.00452. The first kappa shape index (κ1) is 15.7. The van der Waals surface area contributed by atoms with Gasteiger partial charge in [-0.25, -0.2) is 4.79 Å². The molecule has 19 heavy (non-hydrogen) atoms. The van der Waals surface area contributed by atoms with E-state index in [4.69, 9.17) is 4.84 Å². The van der Waals surface area contributed by atoms with Crippen molar-refractivity contribution in [2.75, 3.05) is 0 Å². The number of ketones is 1. The lowest BCUT2D eigenvalue weighted by Crippen LogP contribution is -2.42. The number of carbonyl (C=O) groups is 3. The first-order chi connectivity index (χ1) is 8.74. The van der Waals surface area contributed by atoms with E-state index < -0.39 is 11.5 Å². The molecular formula is C14H23NO4. The van der Waals surface area contributed by atoms with Gasteiger partial charge < -0.3 is 4.84 Å². The second kappa shape index (κ2) is 6.17. The second-order valence-corrected chi connectivity index (χ2v) is 5.94. The lowest BCUT2D eigenvalue weighted by atomic mass is 10.0. The van der Waals surface area contributed by atoms with Crippen LogP contribution in [0.15, 0.2) is 0 Å². The number of hydrogen-bond acceptors (Lipinski definition) is 4. The minimum atomic E-state index is -0.445. The minimum Gasteiger partial charge on any atom is -0.338 e. The molecule has 0 atom stereocenters. The van der Waals surface area contributed by atoms with Crippen molar-refractivity contribution >= 4 is 17.7 Å². The van der Waals surface area contributed by atoms with E-state index in [1.807, 2.05) is 27.7 Å². The van der Waals surface area contributed by atoms with Crippen LogP contribution >= 0.6 is 0 Å². The molecule has 0 bridgehead atoms. The van der Waals surface area contributed by atoms with Crippen molar-refractivity contribution in [2.24, 2.45) is 5.92 Å². The SMILES string of the molecule is CC(C)C(=O)CCCC(=O)ON1C(=O)CCC1(C)C. The Balaban J connectivity index is 2.35. The highest BCUT2D eigenvalue weighted by Crippen LogP contribution is 2.29. The second-order valence-electron chi connectivity index (χ2n) is 5.94. The van der Waals surface area contributed by atoms with Crippen LogP contribution in [0.2, 0.25) is 0 Å². The molecule has 0 saturated carbocycles. The lowest BCUT2D eigenvalue weighted by molar-refractivity contribution is -0.210. The van der Waals surface area contributed by atoms with Crippen molar-refractivity contribution < 1.29 is 19.2 Å². The van der Waals surface area contributed by atoms with E-state index >= 15 is 0 Å². The Kier molecular flexibility index (Phi) is 5.09. The maximum absolute atomic E-state index is 11.7. The van der Waals surface area contributed by atoms with Gasteiger partial charge in [-0.1, -0.05) is 13.8 Å². The van der Waals surface area contributed by atoms with Crippen LogP contribution in [0, 0.1) is 5.92 Å². The summed E-state index contributed by atoms with van der Waals surface area (Å²) in [4.78, 5) is 39.8. The van der Waals surface area contributed by atoms with E-state index in [0.29, 0.717) is 25.7 Å². The van der Waals surface area contributed by atoms with E-state index in [9.17, 15) is 14.4 Å². The molecule has 0 aromatic rings. The van der Waals surface area contributed by atoms with Gasteiger partial charge in [0.05, 0.1) is 5.54 Å². The third-order valence-electron chi connectivity index (χ3n) is 3.37. The quantitative estimate of drug-likeness (QED) is 0.742. The third-order valence-corrected chi connectivity index (χ3v) is 3.37. The number of Topliss-reactive ketones (excluding diaryl/α,β-unsaturated/α-hetero) is 1. The topological polar surface area (TPSA) is 63.7 Å². The Labute approximate surface area is 114 Å². The van der Waals surface area contributed by atoms with Crippen molar-refractivity contribution in [3.05, 3.63) is 0 Å². The molecule has 0 aromatic carbocycles. The zero-order valence-corrected chi connectivity index (χ0v) is 12.2. The van der Waals surface area contributed by atoms with Crippen molar-refractivity contribution in [2.45, 2.75) is 65.3 Å². The molecule has 1 heterocycles. The molecule has 108 valence electrons. The fourth-order valence-electron chi connectivity index (χ4n) is 1.97. The Hall–Kier alpha value is -1.39. The highest BCUT2D eigenvalue weighted by Gasteiger charge is 2.40. The smallest absolute Gasteiger partial charge is 0.332 e. The van der Waals surface area contributed by atoms with Crippen molar-refractivity contribution in [3.63, 3.8) is 0 Å². The first-order valence-corrected chi connectivity index (χ1v) is 6.80. The van der Waals surface area contributed by atoms with E-state index in [0.717, 1.165) is 0 Å². The Morgan fingerprint density at radius 1 is 1.32 bits per heavy atom. The molecule has 0 radical (unpaired) electrons. The average Bonchev–Trinajstić information content (AvgIpc) is 2.56. The van der Waals surface area contributed by atoms with Crippen LogP contribution < -0.4 is 0 Å².